The normalized spacial score (nSPS) is 46.8. The molecule has 5 aliphatic carbocycles. The van der Waals surface area contributed by atoms with E-state index in [1.807, 2.05) is 7.05 Å². The first-order valence-corrected chi connectivity index (χ1v) is 15.2. The summed E-state index contributed by atoms with van der Waals surface area (Å²) in [6.45, 7) is 17.3. The zero-order valence-electron chi connectivity index (χ0n) is 24.9. The molecule has 0 bridgehead atoms. The van der Waals surface area contributed by atoms with E-state index < -0.39 is 11.4 Å². The topological polar surface area (TPSA) is 75.1 Å². The highest BCUT2D eigenvalue weighted by Gasteiger charge is 2.69. The molecule has 1 aromatic heterocycles. The summed E-state index contributed by atoms with van der Waals surface area (Å²) in [5.74, 6) is 2.71. The second-order valence-electron chi connectivity index (χ2n) is 15.3. The first-order valence-electron chi connectivity index (χ1n) is 15.2. The van der Waals surface area contributed by atoms with Crippen LogP contribution in [0, 0.1) is 51.2 Å². The van der Waals surface area contributed by atoms with Gasteiger partial charge in [0.1, 0.15) is 12.1 Å². The standard InChI is InChI=1S/C33H49N3O2/c1-19-11-14-33(28(37)38)16-15-31(6)22(25(33)20(19)2)9-10-24-30(5)17-21-26(35-18-36-27(21)34-8)29(3,4)23(30)12-13-32(24,31)7/h9,18-20,23-25H,10-17H2,1-8H3,(H,37,38)(H,34,35,36)/t19-,20+,23+,24-,25+,30+,31-,32-,33+/m1/s1. The third-order valence-corrected chi connectivity index (χ3v) is 13.9. The molecule has 0 saturated heterocycles. The molecule has 0 spiro atoms. The first kappa shape index (κ1) is 26.3. The Morgan fingerprint density at radius 3 is 2.42 bits per heavy atom. The molecule has 0 aliphatic heterocycles. The molecule has 38 heavy (non-hydrogen) atoms. The fraction of sp³-hybridized carbons (Fsp3) is 0.788. The van der Waals surface area contributed by atoms with Crippen LogP contribution >= 0.6 is 0 Å². The number of aliphatic carboxylic acids is 1. The molecule has 6 rings (SSSR count). The van der Waals surface area contributed by atoms with Crippen molar-refractivity contribution in [2.45, 2.75) is 105 Å². The number of hydrogen-bond acceptors (Lipinski definition) is 4. The number of carboxylic acids is 1. The molecule has 1 aromatic rings. The maximum Gasteiger partial charge on any atom is 0.310 e. The summed E-state index contributed by atoms with van der Waals surface area (Å²) in [7, 11) is 1.98. The third-order valence-electron chi connectivity index (χ3n) is 13.9. The van der Waals surface area contributed by atoms with E-state index >= 15 is 0 Å². The molecule has 3 saturated carbocycles. The Bertz CT molecular complexity index is 1210. The van der Waals surface area contributed by atoms with Crippen LogP contribution in [0.3, 0.4) is 0 Å². The van der Waals surface area contributed by atoms with Crippen LogP contribution in [0.4, 0.5) is 5.82 Å². The largest absolute Gasteiger partial charge is 0.481 e. The van der Waals surface area contributed by atoms with E-state index in [1.54, 1.807) is 6.33 Å². The van der Waals surface area contributed by atoms with Crippen LogP contribution in [-0.2, 0) is 16.6 Å². The van der Waals surface area contributed by atoms with Crippen LogP contribution in [0.5, 0.6) is 0 Å². The van der Waals surface area contributed by atoms with E-state index in [9.17, 15) is 9.90 Å². The van der Waals surface area contributed by atoms with Crippen molar-refractivity contribution in [1.29, 1.82) is 0 Å². The van der Waals surface area contributed by atoms with Gasteiger partial charge < -0.3 is 10.4 Å². The molecule has 0 amide bonds. The van der Waals surface area contributed by atoms with Crippen molar-refractivity contribution >= 4 is 11.8 Å². The van der Waals surface area contributed by atoms with Crippen molar-refractivity contribution < 1.29 is 9.90 Å². The van der Waals surface area contributed by atoms with Crippen LogP contribution in [0.2, 0.25) is 0 Å². The molecule has 0 aromatic carbocycles. The van der Waals surface area contributed by atoms with Gasteiger partial charge in [-0.3, -0.25) is 4.79 Å². The van der Waals surface area contributed by atoms with Gasteiger partial charge in [-0.15, -0.1) is 0 Å². The van der Waals surface area contributed by atoms with Gasteiger partial charge in [-0.25, -0.2) is 9.97 Å². The van der Waals surface area contributed by atoms with Crippen molar-refractivity contribution in [3.63, 3.8) is 0 Å². The minimum atomic E-state index is -0.577. The predicted octanol–water partition coefficient (Wildman–Crippen LogP) is 7.27. The molecule has 5 nitrogen and oxygen atoms in total. The summed E-state index contributed by atoms with van der Waals surface area (Å²) in [5, 5.41) is 14.0. The first-order chi connectivity index (χ1) is 17.8. The molecule has 5 aliphatic rings. The second-order valence-corrected chi connectivity index (χ2v) is 15.3. The summed E-state index contributed by atoms with van der Waals surface area (Å²) in [4.78, 5) is 22.5. The Labute approximate surface area is 229 Å². The quantitative estimate of drug-likeness (QED) is 0.402. The summed E-state index contributed by atoms with van der Waals surface area (Å²) in [6, 6.07) is 0. The number of hydrogen-bond donors (Lipinski definition) is 2. The lowest BCUT2D eigenvalue weighted by Gasteiger charge is -2.70. The number of carbonyl (C=O) groups is 1. The molecular formula is C33H49N3O2. The van der Waals surface area contributed by atoms with Crippen LogP contribution < -0.4 is 5.32 Å². The Morgan fingerprint density at radius 1 is 1.00 bits per heavy atom. The van der Waals surface area contributed by atoms with Gasteiger partial charge >= 0.3 is 5.97 Å². The van der Waals surface area contributed by atoms with Crippen molar-refractivity contribution in [3.05, 3.63) is 29.2 Å². The molecule has 1 heterocycles. The van der Waals surface area contributed by atoms with Crippen molar-refractivity contribution in [3.8, 4) is 0 Å². The van der Waals surface area contributed by atoms with E-state index in [4.69, 9.17) is 4.98 Å². The van der Waals surface area contributed by atoms with E-state index in [2.05, 4.69) is 64.8 Å². The zero-order chi connectivity index (χ0) is 27.5. The van der Waals surface area contributed by atoms with Gasteiger partial charge in [0.25, 0.3) is 0 Å². The molecular weight excluding hydrogens is 470 g/mol. The minimum Gasteiger partial charge on any atom is -0.481 e. The molecule has 0 radical (unpaired) electrons. The van der Waals surface area contributed by atoms with Crippen molar-refractivity contribution in [1.82, 2.24) is 9.97 Å². The third kappa shape index (κ3) is 2.97. The number of aromatic nitrogens is 2. The predicted molar refractivity (Wildman–Crippen MR) is 152 cm³/mol. The molecule has 2 N–H and O–H groups in total. The SMILES string of the molecule is CNc1ncnc2c1C[C@]1(C)[C@H]3CC=C4[C@@H]5[C@@H](C)[C@H](C)CC[C@]5(C(=O)O)CC[C@@]4(C)[C@]3(C)CC[C@H]1C2(C)C. The highest BCUT2D eigenvalue weighted by atomic mass is 16.4. The number of rotatable bonds is 2. The average molecular weight is 520 g/mol. The van der Waals surface area contributed by atoms with Crippen LogP contribution in [-0.4, -0.2) is 28.1 Å². The molecule has 5 heteroatoms. The average Bonchev–Trinajstić information content (AvgIpc) is 2.86. The van der Waals surface area contributed by atoms with Crippen molar-refractivity contribution in [2.75, 3.05) is 12.4 Å². The van der Waals surface area contributed by atoms with Gasteiger partial charge in [0.05, 0.1) is 11.1 Å². The lowest BCUT2D eigenvalue weighted by atomic mass is 9.33. The van der Waals surface area contributed by atoms with E-state index in [0.717, 1.165) is 44.3 Å². The fourth-order valence-corrected chi connectivity index (χ4v) is 11.6. The van der Waals surface area contributed by atoms with Gasteiger partial charge in [0.2, 0.25) is 0 Å². The lowest BCUT2D eigenvalue weighted by molar-refractivity contribution is -0.179. The summed E-state index contributed by atoms with van der Waals surface area (Å²) in [5.41, 5.74) is 3.80. The summed E-state index contributed by atoms with van der Waals surface area (Å²) >= 11 is 0. The highest BCUT2D eigenvalue weighted by molar-refractivity contribution is 5.76. The number of fused-ring (bicyclic) bond motifs is 8. The smallest absolute Gasteiger partial charge is 0.310 e. The van der Waals surface area contributed by atoms with Gasteiger partial charge in [-0.05, 0) is 97.2 Å². The zero-order valence-corrected chi connectivity index (χ0v) is 24.9. The van der Waals surface area contributed by atoms with Gasteiger partial charge in [0, 0.05) is 18.0 Å². The summed E-state index contributed by atoms with van der Waals surface area (Å²) < 4.78 is 0. The lowest BCUT2D eigenvalue weighted by Crippen LogP contribution is -2.65. The maximum atomic E-state index is 12.9. The minimum absolute atomic E-state index is 0.0125. The maximum absolute atomic E-state index is 12.9. The Morgan fingerprint density at radius 2 is 1.74 bits per heavy atom. The molecule has 208 valence electrons. The number of anilines is 1. The monoisotopic (exact) mass is 519 g/mol. The van der Waals surface area contributed by atoms with Gasteiger partial charge in [0.15, 0.2) is 0 Å². The highest BCUT2D eigenvalue weighted by Crippen LogP contribution is 2.75. The molecule has 3 fully saturated rings. The van der Waals surface area contributed by atoms with Gasteiger partial charge in [-0.2, -0.15) is 0 Å². The van der Waals surface area contributed by atoms with Gasteiger partial charge in [-0.1, -0.05) is 60.1 Å². The Hall–Kier alpha value is -1.91. The number of allylic oxidation sites excluding steroid dienone is 2. The number of nitrogens with zero attached hydrogens (tertiary/aromatic N) is 2. The fourth-order valence-electron chi connectivity index (χ4n) is 11.6. The van der Waals surface area contributed by atoms with Crippen LogP contribution in [0.1, 0.15) is 105 Å². The Balaban J connectivity index is 1.49. The van der Waals surface area contributed by atoms with Crippen molar-refractivity contribution in [2.24, 2.45) is 51.2 Å². The van der Waals surface area contributed by atoms with Crippen LogP contribution in [0.15, 0.2) is 18.0 Å². The summed E-state index contributed by atoms with van der Waals surface area (Å²) in [6.07, 6.45) is 12.5. The van der Waals surface area contributed by atoms with Crippen LogP contribution in [0.25, 0.3) is 0 Å². The second kappa shape index (κ2) is 8.07. The number of carboxylic acid groups (broad SMARTS) is 1. The van der Waals surface area contributed by atoms with E-state index in [0.29, 0.717) is 23.7 Å². The number of nitrogens with one attached hydrogen (secondary N) is 1. The molecule has 9 atom stereocenters. The van der Waals surface area contributed by atoms with E-state index in [-0.39, 0.29) is 27.6 Å². The molecule has 0 unspecified atom stereocenters. The van der Waals surface area contributed by atoms with E-state index in [1.165, 1.54) is 29.7 Å². The Kier molecular flexibility index (Phi) is 5.59.